The van der Waals surface area contributed by atoms with Gasteiger partial charge in [-0.1, -0.05) is 55.5 Å². The molecule has 122 valence electrons. The normalized spacial score (nSPS) is 20.1. The van der Waals surface area contributed by atoms with Crippen LogP contribution in [0.4, 0.5) is 5.69 Å². The van der Waals surface area contributed by atoms with Gasteiger partial charge in [-0.3, -0.25) is 0 Å². The third-order valence-electron chi connectivity index (χ3n) is 5.18. The summed E-state index contributed by atoms with van der Waals surface area (Å²) in [6.45, 7) is 5.69. The molecule has 2 heteroatoms. The summed E-state index contributed by atoms with van der Waals surface area (Å²) in [5.41, 5.74) is 4.51. The van der Waals surface area contributed by atoms with Crippen LogP contribution in [-0.2, 0) is 5.41 Å². The zero-order valence-electron chi connectivity index (χ0n) is 14.6. The maximum atomic E-state index is 2.59. The van der Waals surface area contributed by atoms with Crippen LogP contribution in [0.5, 0.6) is 0 Å². The first-order valence-corrected chi connectivity index (χ1v) is 8.72. The number of hydrogen-bond acceptors (Lipinski definition) is 2. The van der Waals surface area contributed by atoms with E-state index in [4.69, 9.17) is 0 Å². The highest BCUT2D eigenvalue weighted by Crippen LogP contribution is 2.47. The minimum absolute atomic E-state index is 0.135. The highest BCUT2D eigenvalue weighted by molar-refractivity contribution is 5.66. The van der Waals surface area contributed by atoms with Gasteiger partial charge >= 0.3 is 0 Å². The maximum Gasteiger partial charge on any atom is 0.0409 e. The van der Waals surface area contributed by atoms with Crippen molar-refractivity contribution in [3.63, 3.8) is 0 Å². The predicted molar refractivity (Wildman–Crippen MR) is 99.3 cm³/mol. The van der Waals surface area contributed by atoms with E-state index in [1.807, 2.05) is 0 Å². The first-order valence-electron chi connectivity index (χ1n) is 8.72. The van der Waals surface area contributed by atoms with Crippen LogP contribution in [-0.4, -0.2) is 38.6 Å². The van der Waals surface area contributed by atoms with Crippen molar-refractivity contribution in [2.45, 2.75) is 25.2 Å². The molecule has 0 saturated carbocycles. The average Bonchev–Trinajstić information content (AvgIpc) is 2.91. The molecule has 0 aromatic heterocycles. The Kier molecular flexibility index (Phi) is 4.72. The molecule has 0 N–H and O–H groups in total. The van der Waals surface area contributed by atoms with Gasteiger partial charge in [-0.2, -0.15) is 0 Å². The van der Waals surface area contributed by atoms with E-state index in [9.17, 15) is 0 Å². The summed E-state index contributed by atoms with van der Waals surface area (Å²) in [5, 5.41) is 0. The van der Waals surface area contributed by atoms with Crippen LogP contribution < -0.4 is 4.90 Å². The largest absolute Gasteiger partial charge is 0.370 e. The molecule has 23 heavy (non-hydrogen) atoms. The third kappa shape index (κ3) is 3.00. The Bertz CT molecular complexity index is 635. The lowest BCUT2D eigenvalue weighted by atomic mass is 9.74. The fraction of sp³-hybridized carbons (Fsp3) is 0.429. The lowest BCUT2D eigenvalue weighted by Gasteiger charge is -2.30. The molecule has 1 heterocycles. The average molecular weight is 308 g/mol. The molecule has 2 aromatic carbocycles. The molecular weight excluding hydrogens is 280 g/mol. The molecule has 1 atom stereocenters. The number of para-hydroxylation sites is 1. The van der Waals surface area contributed by atoms with Gasteiger partial charge in [-0.05, 0) is 50.7 Å². The van der Waals surface area contributed by atoms with Crippen LogP contribution in [0.3, 0.4) is 0 Å². The van der Waals surface area contributed by atoms with Gasteiger partial charge in [0.15, 0.2) is 0 Å². The Hall–Kier alpha value is -1.80. The molecule has 0 spiro atoms. The molecule has 1 unspecified atom stereocenters. The Balaban J connectivity index is 1.94. The Morgan fingerprint density at radius 3 is 2.39 bits per heavy atom. The summed E-state index contributed by atoms with van der Waals surface area (Å²) in [7, 11) is 4.30. The molecule has 0 amide bonds. The smallest absolute Gasteiger partial charge is 0.0409 e. The highest BCUT2D eigenvalue weighted by atomic mass is 15.2. The summed E-state index contributed by atoms with van der Waals surface area (Å²) >= 11 is 0. The molecule has 3 rings (SSSR count). The van der Waals surface area contributed by atoms with Crippen LogP contribution in [0.1, 0.15) is 30.9 Å². The minimum atomic E-state index is 0.135. The number of fused-ring (bicyclic) bond motifs is 1. The van der Waals surface area contributed by atoms with E-state index < -0.39 is 0 Å². The second kappa shape index (κ2) is 6.76. The second-order valence-electron chi connectivity index (χ2n) is 6.90. The maximum absolute atomic E-state index is 2.59. The van der Waals surface area contributed by atoms with Crippen LogP contribution in [0, 0.1) is 0 Å². The van der Waals surface area contributed by atoms with Gasteiger partial charge in [-0.15, -0.1) is 0 Å². The van der Waals surface area contributed by atoms with Crippen LogP contribution in [0.15, 0.2) is 54.6 Å². The van der Waals surface area contributed by atoms with Gasteiger partial charge in [0.05, 0.1) is 0 Å². The van der Waals surface area contributed by atoms with Crippen molar-refractivity contribution >= 4 is 5.69 Å². The van der Waals surface area contributed by atoms with Crippen molar-refractivity contribution in [1.29, 1.82) is 0 Å². The minimum Gasteiger partial charge on any atom is -0.370 e. The molecule has 0 bridgehead atoms. The van der Waals surface area contributed by atoms with Gasteiger partial charge in [-0.25, -0.2) is 0 Å². The van der Waals surface area contributed by atoms with Crippen molar-refractivity contribution < 1.29 is 0 Å². The van der Waals surface area contributed by atoms with Crippen molar-refractivity contribution in [2.24, 2.45) is 0 Å². The third-order valence-corrected chi connectivity index (χ3v) is 5.18. The molecular formula is C21H28N2. The zero-order chi connectivity index (χ0) is 16.3. The Morgan fingerprint density at radius 1 is 1.00 bits per heavy atom. The van der Waals surface area contributed by atoms with E-state index in [2.05, 4.69) is 85.4 Å². The second-order valence-corrected chi connectivity index (χ2v) is 6.90. The number of benzene rings is 2. The summed E-state index contributed by atoms with van der Waals surface area (Å²) in [5.74, 6) is 0. The SMILES string of the molecule is CCC1(c2ccccc2)CN(CCCN(C)C)c2ccccc21. The van der Waals surface area contributed by atoms with Crippen molar-refractivity contribution in [1.82, 2.24) is 4.90 Å². The monoisotopic (exact) mass is 308 g/mol. The summed E-state index contributed by atoms with van der Waals surface area (Å²) in [6, 6.07) is 20.0. The molecule has 0 saturated heterocycles. The van der Waals surface area contributed by atoms with Crippen molar-refractivity contribution in [3.05, 3.63) is 65.7 Å². The number of nitrogens with zero attached hydrogens (tertiary/aromatic N) is 2. The summed E-state index contributed by atoms with van der Waals surface area (Å²) < 4.78 is 0. The predicted octanol–water partition coefficient (Wildman–Crippen LogP) is 4.15. The lowest BCUT2D eigenvalue weighted by molar-refractivity contribution is 0.398. The molecule has 2 nitrogen and oxygen atoms in total. The number of rotatable bonds is 6. The molecule has 1 aliphatic heterocycles. The Morgan fingerprint density at radius 2 is 1.70 bits per heavy atom. The van der Waals surface area contributed by atoms with Crippen LogP contribution in [0.2, 0.25) is 0 Å². The Labute approximate surface area is 140 Å². The summed E-state index contributed by atoms with van der Waals surface area (Å²) in [6.07, 6.45) is 2.34. The molecule has 0 fully saturated rings. The van der Waals surface area contributed by atoms with E-state index in [-0.39, 0.29) is 5.41 Å². The van der Waals surface area contributed by atoms with Crippen molar-refractivity contribution in [2.75, 3.05) is 38.6 Å². The van der Waals surface area contributed by atoms with E-state index in [1.54, 1.807) is 0 Å². The molecule has 0 radical (unpaired) electrons. The van der Waals surface area contributed by atoms with E-state index in [0.717, 1.165) is 26.1 Å². The first-order chi connectivity index (χ1) is 11.2. The number of anilines is 1. The topological polar surface area (TPSA) is 6.48 Å². The van der Waals surface area contributed by atoms with E-state index >= 15 is 0 Å². The fourth-order valence-electron chi connectivity index (χ4n) is 3.94. The number of hydrogen-bond donors (Lipinski definition) is 0. The lowest BCUT2D eigenvalue weighted by Crippen LogP contribution is -2.35. The molecule has 0 aliphatic carbocycles. The fourth-order valence-corrected chi connectivity index (χ4v) is 3.94. The van der Waals surface area contributed by atoms with Gasteiger partial charge < -0.3 is 9.80 Å². The van der Waals surface area contributed by atoms with Gasteiger partial charge in [0.25, 0.3) is 0 Å². The quantitative estimate of drug-likeness (QED) is 0.791. The van der Waals surface area contributed by atoms with Gasteiger partial charge in [0.2, 0.25) is 0 Å². The zero-order valence-corrected chi connectivity index (χ0v) is 14.6. The summed E-state index contributed by atoms with van der Waals surface area (Å²) in [4.78, 5) is 4.86. The van der Waals surface area contributed by atoms with E-state index in [0.29, 0.717) is 0 Å². The highest BCUT2D eigenvalue weighted by Gasteiger charge is 2.42. The van der Waals surface area contributed by atoms with Gasteiger partial charge in [0, 0.05) is 24.2 Å². The van der Waals surface area contributed by atoms with Gasteiger partial charge in [0.1, 0.15) is 0 Å². The van der Waals surface area contributed by atoms with Crippen LogP contribution in [0.25, 0.3) is 0 Å². The first kappa shape index (κ1) is 16.1. The van der Waals surface area contributed by atoms with Crippen molar-refractivity contribution in [3.8, 4) is 0 Å². The van der Waals surface area contributed by atoms with Crippen LogP contribution >= 0.6 is 0 Å². The standard InChI is InChI=1S/C21H28N2/c1-4-21(18-11-6-5-7-12-18)17-23(16-10-15-22(2)3)20-14-9-8-13-19(20)21/h5-9,11-14H,4,10,15-17H2,1-3H3. The molecule has 1 aliphatic rings. The molecule has 2 aromatic rings. The van der Waals surface area contributed by atoms with E-state index in [1.165, 1.54) is 23.2 Å².